The zero-order valence-corrected chi connectivity index (χ0v) is 13.6. The van der Waals surface area contributed by atoms with Gasteiger partial charge in [0.2, 0.25) is 5.91 Å². The number of ether oxygens (including phenoxy) is 1. The van der Waals surface area contributed by atoms with Gasteiger partial charge in [0.15, 0.2) is 0 Å². The normalized spacial score (nSPS) is 14.3. The largest absolute Gasteiger partial charge is 0.494 e. The number of benzene rings is 1. The highest BCUT2D eigenvalue weighted by atomic mass is 16.5. The molecule has 0 radical (unpaired) electrons. The van der Waals surface area contributed by atoms with Crippen LogP contribution in [0.3, 0.4) is 0 Å². The van der Waals surface area contributed by atoms with Crippen LogP contribution in [0.1, 0.15) is 32.6 Å². The topological polar surface area (TPSA) is 79.5 Å². The predicted molar refractivity (Wildman–Crippen MR) is 89.6 cm³/mol. The van der Waals surface area contributed by atoms with Crippen molar-refractivity contribution in [1.82, 2.24) is 10.6 Å². The quantitative estimate of drug-likeness (QED) is 0.676. The van der Waals surface area contributed by atoms with Crippen LogP contribution in [0.5, 0.6) is 5.75 Å². The molecular weight excluding hydrogens is 294 g/mol. The summed E-state index contributed by atoms with van der Waals surface area (Å²) in [6.45, 7) is 3.39. The number of hydrogen-bond acceptors (Lipinski definition) is 3. The van der Waals surface area contributed by atoms with Crippen LogP contribution < -0.4 is 20.7 Å². The van der Waals surface area contributed by atoms with Gasteiger partial charge in [-0.3, -0.25) is 4.79 Å². The second-order valence-electron chi connectivity index (χ2n) is 5.61. The fourth-order valence-electron chi connectivity index (χ4n) is 2.67. The molecule has 0 atom stereocenters. The lowest BCUT2D eigenvalue weighted by atomic mass is 10.1. The van der Waals surface area contributed by atoms with E-state index < -0.39 is 0 Å². The maximum Gasteiger partial charge on any atom is 0.319 e. The molecule has 0 saturated heterocycles. The third kappa shape index (κ3) is 5.81. The first kappa shape index (κ1) is 17.1. The third-order valence-electron chi connectivity index (χ3n) is 3.86. The molecular formula is C17H25N3O3. The summed E-state index contributed by atoms with van der Waals surface area (Å²) >= 11 is 0. The smallest absolute Gasteiger partial charge is 0.319 e. The minimum Gasteiger partial charge on any atom is -0.494 e. The van der Waals surface area contributed by atoms with Crippen LogP contribution in [-0.2, 0) is 4.79 Å². The van der Waals surface area contributed by atoms with Crippen LogP contribution in [-0.4, -0.2) is 31.6 Å². The number of amides is 3. The SMILES string of the molecule is CCOc1ccc(NC(=O)NCCNC(=O)C2CCCC2)cc1. The Hall–Kier alpha value is -2.24. The second kappa shape index (κ2) is 9.02. The van der Waals surface area contributed by atoms with Gasteiger partial charge in [-0.2, -0.15) is 0 Å². The van der Waals surface area contributed by atoms with Crippen LogP contribution >= 0.6 is 0 Å². The van der Waals surface area contributed by atoms with Crippen molar-refractivity contribution in [3.05, 3.63) is 24.3 Å². The van der Waals surface area contributed by atoms with E-state index in [2.05, 4.69) is 16.0 Å². The maximum absolute atomic E-state index is 11.8. The molecule has 3 N–H and O–H groups in total. The number of carbonyl (C=O) groups is 2. The molecule has 1 aromatic carbocycles. The van der Waals surface area contributed by atoms with Crippen molar-refractivity contribution >= 4 is 17.6 Å². The van der Waals surface area contributed by atoms with Crippen molar-refractivity contribution in [3.63, 3.8) is 0 Å². The summed E-state index contributed by atoms with van der Waals surface area (Å²) in [5, 5.41) is 8.32. The average Bonchev–Trinajstić information content (AvgIpc) is 3.08. The van der Waals surface area contributed by atoms with Crippen LogP contribution in [0, 0.1) is 5.92 Å². The standard InChI is InChI=1S/C17H25N3O3/c1-2-23-15-9-7-14(8-10-15)20-17(22)19-12-11-18-16(21)13-5-3-4-6-13/h7-10,13H,2-6,11-12H2,1H3,(H,18,21)(H2,19,20,22). The zero-order valence-electron chi connectivity index (χ0n) is 13.6. The fraction of sp³-hybridized carbons (Fsp3) is 0.529. The van der Waals surface area contributed by atoms with E-state index in [1.54, 1.807) is 24.3 Å². The lowest BCUT2D eigenvalue weighted by molar-refractivity contribution is -0.124. The van der Waals surface area contributed by atoms with Gasteiger partial charge in [0.25, 0.3) is 0 Å². The average molecular weight is 319 g/mol. The minimum absolute atomic E-state index is 0.108. The highest BCUT2D eigenvalue weighted by molar-refractivity contribution is 5.89. The molecule has 0 aromatic heterocycles. The Bertz CT molecular complexity index is 510. The first-order valence-corrected chi connectivity index (χ1v) is 8.24. The molecule has 1 aromatic rings. The molecule has 23 heavy (non-hydrogen) atoms. The molecule has 6 heteroatoms. The number of anilines is 1. The van der Waals surface area contributed by atoms with Gasteiger partial charge in [0.05, 0.1) is 6.61 Å². The Labute approximate surface area is 137 Å². The molecule has 3 amide bonds. The second-order valence-corrected chi connectivity index (χ2v) is 5.61. The fourth-order valence-corrected chi connectivity index (χ4v) is 2.67. The molecule has 2 rings (SSSR count). The predicted octanol–water partition coefficient (Wildman–Crippen LogP) is 2.51. The van der Waals surface area contributed by atoms with E-state index in [0.29, 0.717) is 25.4 Å². The molecule has 1 aliphatic carbocycles. The van der Waals surface area contributed by atoms with Gasteiger partial charge >= 0.3 is 6.03 Å². The first-order chi connectivity index (χ1) is 11.2. The third-order valence-corrected chi connectivity index (χ3v) is 3.86. The summed E-state index contributed by atoms with van der Waals surface area (Å²) in [5.74, 6) is 1.04. The number of carbonyl (C=O) groups excluding carboxylic acids is 2. The number of urea groups is 1. The van der Waals surface area contributed by atoms with Gasteiger partial charge in [-0.25, -0.2) is 4.79 Å². The summed E-state index contributed by atoms with van der Waals surface area (Å²) < 4.78 is 5.34. The van der Waals surface area contributed by atoms with Crippen molar-refractivity contribution in [3.8, 4) is 5.75 Å². The van der Waals surface area contributed by atoms with Gasteiger partial charge < -0.3 is 20.7 Å². The van der Waals surface area contributed by atoms with E-state index in [1.807, 2.05) is 6.92 Å². The van der Waals surface area contributed by atoms with Crippen molar-refractivity contribution in [2.75, 3.05) is 25.0 Å². The highest BCUT2D eigenvalue weighted by Crippen LogP contribution is 2.24. The Morgan fingerprint density at radius 1 is 1.09 bits per heavy atom. The summed E-state index contributed by atoms with van der Waals surface area (Å²) in [7, 11) is 0. The Morgan fingerprint density at radius 3 is 2.39 bits per heavy atom. The Balaban J connectivity index is 1.61. The van der Waals surface area contributed by atoms with E-state index >= 15 is 0 Å². The molecule has 0 unspecified atom stereocenters. The van der Waals surface area contributed by atoms with E-state index in [1.165, 1.54) is 0 Å². The Morgan fingerprint density at radius 2 is 1.74 bits per heavy atom. The van der Waals surface area contributed by atoms with E-state index in [-0.39, 0.29) is 17.9 Å². The van der Waals surface area contributed by atoms with Crippen LogP contribution in [0.4, 0.5) is 10.5 Å². The number of nitrogens with one attached hydrogen (secondary N) is 3. The van der Waals surface area contributed by atoms with E-state index in [0.717, 1.165) is 31.4 Å². The van der Waals surface area contributed by atoms with Crippen molar-refractivity contribution in [2.24, 2.45) is 5.92 Å². The summed E-state index contributed by atoms with van der Waals surface area (Å²) in [5.41, 5.74) is 0.695. The van der Waals surface area contributed by atoms with Gasteiger partial charge in [0.1, 0.15) is 5.75 Å². The summed E-state index contributed by atoms with van der Waals surface area (Å²) in [6.07, 6.45) is 4.25. The van der Waals surface area contributed by atoms with Crippen molar-refractivity contribution in [1.29, 1.82) is 0 Å². The van der Waals surface area contributed by atoms with Crippen molar-refractivity contribution < 1.29 is 14.3 Å². The summed E-state index contributed by atoms with van der Waals surface area (Å²) in [6, 6.07) is 6.89. The van der Waals surface area contributed by atoms with Gasteiger partial charge in [-0.05, 0) is 44.0 Å². The number of rotatable bonds is 7. The molecule has 1 fully saturated rings. The Kier molecular flexibility index (Phi) is 6.72. The van der Waals surface area contributed by atoms with Gasteiger partial charge in [-0.1, -0.05) is 12.8 Å². The molecule has 1 aliphatic rings. The minimum atomic E-state index is -0.288. The monoisotopic (exact) mass is 319 g/mol. The van der Waals surface area contributed by atoms with E-state index in [9.17, 15) is 9.59 Å². The molecule has 6 nitrogen and oxygen atoms in total. The van der Waals surface area contributed by atoms with Gasteiger partial charge in [0, 0.05) is 24.7 Å². The van der Waals surface area contributed by atoms with Crippen LogP contribution in [0.15, 0.2) is 24.3 Å². The lowest BCUT2D eigenvalue weighted by Gasteiger charge is -2.11. The first-order valence-electron chi connectivity index (χ1n) is 8.24. The highest BCUT2D eigenvalue weighted by Gasteiger charge is 2.21. The maximum atomic E-state index is 11.8. The molecule has 126 valence electrons. The van der Waals surface area contributed by atoms with Crippen LogP contribution in [0.2, 0.25) is 0 Å². The van der Waals surface area contributed by atoms with Crippen molar-refractivity contribution in [2.45, 2.75) is 32.6 Å². The number of hydrogen-bond donors (Lipinski definition) is 3. The zero-order chi connectivity index (χ0) is 16.5. The molecule has 0 heterocycles. The molecule has 0 bridgehead atoms. The molecule has 0 aliphatic heterocycles. The molecule has 1 saturated carbocycles. The van der Waals surface area contributed by atoms with Crippen LogP contribution in [0.25, 0.3) is 0 Å². The van der Waals surface area contributed by atoms with Gasteiger partial charge in [-0.15, -0.1) is 0 Å². The van der Waals surface area contributed by atoms with E-state index in [4.69, 9.17) is 4.74 Å². The summed E-state index contributed by atoms with van der Waals surface area (Å²) in [4.78, 5) is 23.6. The molecule has 0 spiro atoms. The lowest BCUT2D eigenvalue weighted by Crippen LogP contribution is -2.38.